The third kappa shape index (κ3) is 1.57. The Morgan fingerprint density at radius 1 is 1.43 bits per heavy atom. The van der Waals surface area contributed by atoms with E-state index in [9.17, 15) is 12.3 Å². The standard InChI is InChI=1S/C8H6ClFO3S/c9-6-3-5-1-2-13-8(5)7(4-6)14(10,11)12/h3-4H,1-2H2. The van der Waals surface area contributed by atoms with Crippen LogP contribution in [0.4, 0.5) is 3.89 Å². The number of ether oxygens (including phenoxy) is 1. The molecule has 0 aromatic heterocycles. The Labute approximate surface area is 85.7 Å². The molecule has 0 radical (unpaired) electrons. The van der Waals surface area contributed by atoms with Gasteiger partial charge in [-0.2, -0.15) is 8.42 Å². The second-order valence-corrected chi connectivity index (χ2v) is 4.68. The van der Waals surface area contributed by atoms with Crippen LogP contribution in [0, 0.1) is 0 Å². The molecule has 2 rings (SSSR count). The van der Waals surface area contributed by atoms with Crippen LogP contribution in [0.25, 0.3) is 0 Å². The van der Waals surface area contributed by atoms with Crippen LogP contribution < -0.4 is 4.74 Å². The third-order valence-corrected chi connectivity index (χ3v) is 3.02. The first-order chi connectivity index (χ1) is 6.48. The molecule has 1 heterocycles. The van der Waals surface area contributed by atoms with Crippen molar-refractivity contribution >= 4 is 21.8 Å². The molecule has 3 nitrogen and oxygen atoms in total. The minimum Gasteiger partial charge on any atom is -0.491 e. The summed E-state index contributed by atoms with van der Waals surface area (Å²) in [6, 6.07) is 2.64. The van der Waals surface area contributed by atoms with E-state index in [4.69, 9.17) is 16.3 Å². The molecule has 0 saturated carbocycles. The molecule has 1 aromatic rings. The molecule has 6 heteroatoms. The molecule has 0 atom stereocenters. The van der Waals surface area contributed by atoms with Crippen molar-refractivity contribution in [2.75, 3.05) is 6.61 Å². The maximum Gasteiger partial charge on any atom is 0.335 e. The Kier molecular flexibility index (Phi) is 2.16. The number of benzene rings is 1. The summed E-state index contributed by atoms with van der Waals surface area (Å²) in [5.74, 6) is 0.0944. The number of hydrogen-bond donors (Lipinski definition) is 0. The number of fused-ring (bicyclic) bond motifs is 1. The van der Waals surface area contributed by atoms with Gasteiger partial charge >= 0.3 is 10.2 Å². The van der Waals surface area contributed by atoms with Crippen LogP contribution in [0.5, 0.6) is 5.75 Å². The predicted molar refractivity (Wildman–Crippen MR) is 48.9 cm³/mol. The molecule has 0 aliphatic carbocycles. The first-order valence-corrected chi connectivity index (χ1v) is 5.64. The van der Waals surface area contributed by atoms with Gasteiger partial charge in [-0.15, -0.1) is 3.89 Å². The molecular weight excluding hydrogens is 231 g/mol. The molecule has 1 aliphatic rings. The normalized spacial score (nSPS) is 15.0. The molecule has 0 amide bonds. The van der Waals surface area contributed by atoms with Crippen molar-refractivity contribution in [2.45, 2.75) is 11.3 Å². The Bertz CT molecular complexity index is 484. The molecule has 0 bridgehead atoms. The average Bonchev–Trinajstić information content (AvgIpc) is 2.47. The maximum atomic E-state index is 12.8. The lowest BCUT2D eigenvalue weighted by atomic mass is 10.2. The van der Waals surface area contributed by atoms with E-state index in [1.54, 1.807) is 6.07 Å². The zero-order valence-electron chi connectivity index (χ0n) is 6.96. The highest BCUT2D eigenvalue weighted by atomic mass is 35.5. The molecule has 14 heavy (non-hydrogen) atoms. The van der Waals surface area contributed by atoms with Gasteiger partial charge in [-0.05, 0) is 12.1 Å². The van der Waals surface area contributed by atoms with Gasteiger partial charge in [0, 0.05) is 17.0 Å². The first kappa shape index (κ1) is 9.73. The first-order valence-electron chi connectivity index (χ1n) is 3.88. The fourth-order valence-electron chi connectivity index (χ4n) is 1.42. The van der Waals surface area contributed by atoms with Crippen molar-refractivity contribution in [3.05, 3.63) is 22.7 Å². The highest BCUT2D eigenvalue weighted by Crippen LogP contribution is 2.36. The summed E-state index contributed by atoms with van der Waals surface area (Å²) >= 11 is 5.65. The maximum absolute atomic E-state index is 12.8. The summed E-state index contributed by atoms with van der Waals surface area (Å²) in [7, 11) is -4.76. The SMILES string of the molecule is O=S(=O)(F)c1cc(Cl)cc2c1OCC2. The largest absolute Gasteiger partial charge is 0.491 e. The van der Waals surface area contributed by atoms with Crippen molar-refractivity contribution in [2.24, 2.45) is 0 Å². The van der Waals surface area contributed by atoms with Gasteiger partial charge < -0.3 is 4.74 Å². The minimum absolute atomic E-state index is 0.0944. The molecule has 0 spiro atoms. The topological polar surface area (TPSA) is 43.4 Å². The van der Waals surface area contributed by atoms with E-state index in [1.165, 1.54) is 0 Å². The number of hydrogen-bond acceptors (Lipinski definition) is 3. The van der Waals surface area contributed by atoms with Crippen LogP contribution in [-0.2, 0) is 16.6 Å². The van der Waals surface area contributed by atoms with Gasteiger partial charge in [0.1, 0.15) is 10.6 Å². The number of rotatable bonds is 1. The lowest BCUT2D eigenvalue weighted by Gasteiger charge is -2.04. The van der Waals surface area contributed by atoms with Gasteiger partial charge in [0.25, 0.3) is 0 Å². The summed E-state index contributed by atoms with van der Waals surface area (Å²) < 4.78 is 39.3. The molecular formula is C8H6ClFO3S. The van der Waals surface area contributed by atoms with E-state index in [0.717, 1.165) is 6.07 Å². The van der Waals surface area contributed by atoms with Gasteiger partial charge in [0.05, 0.1) is 6.61 Å². The smallest absolute Gasteiger partial charge is 0.335 e. The van der Waals surface area contributed by atoms with Gasteiger partial charge in [0.15, 0.2) is 0 Å². The van der Waals surface area contributed by atoms with E-state index in [2.05, 4.69) is 0 Å². The number of halogens is 2. The van der Waals surface area contributed by atoms with Crippen molar-refractivity contribution in [1.29, 1.82) is 0 Å². The lowest BCUT2D eigenvalue weighted by Crippen LogP contribution is -1.96. The molecule has 0 saturated heterocycles. The summed E-state index contributed by atoms with van der Waals surface area (Å²) in [6.07, 6.45) is 0.554. The summed E-state index contributed by atoms with van der Waals surface area (Å²) in [5.41, 5.74) is 0.633. The van der Waals surface area contributed by atoms with Crippen molar-refractivity contribution in [1.82, 2.24) is 0 Å². The van der Waals surface area contributed by atoms with Crippen LogP contribution in [0.1, 0.15) is 5.56 Å². The zero-order valence-corrected chi connectivity index (χ0v) is 8.53. The van der Waals surface area contributed by atoms with E-state index >= 15 is 0 Å². The van der Waals surface area contributed by atoms with Crippen LogP contribution in [0.2, 0.25) is 5.02 Å². The Balaban J connectivity index is 2.72. The van der Waals surface area contributed by atoms with Crippen molar-refractivity contribution < 1.29 is 17.0 Å². The Morgan fingerprint density at radius 2 is 2.14 bits per heavy atom. The van der Waals surface area contributed by atoms with E-state index in [1.807, 2.05) is 0 Å². The second kappa shape index (κ2) is 3.10. The fourth-order valence-corrected chi connectivity index (χ4v) is 2.40. The van der Waals surface area contributed by atoms with Crippen LogP contribution in [0.3, 0.4) is 0 Å². The minimum atomic E-state index is -4.76. The molecule has 0 N–H and O–H groups in total. The Hall–Kier alpha value is -0.810. The van der Waals surface area contributed by atoms with Crippen molar-refractivity contribution in [3.63, 3.8) is 0 Å². The summed E-state index contributed by atoms with van der Waals surface area (Å²) in [6.45, 7) is 0.359. The van der Waals surface area contributed by atoms with E-state index in [0.29, 0.717) is 18.6 Å². The van der Waals surface area contributed by atoms with E-state index < -0.39 is 15.1 Å². The third-order valence-electron chi connectivity index (χ3n) is 1.98. The lowest BCUT2D eigenvalue weighted by molar-refractivity contribution is 0.348. The van der Waals surface area contributed by atoms with Gasteiger partial charge in [-0.3, -0.25) is 0 Å². The zero-order chi connectivity index (χ0) is 10.3. The second-order valence-electron chi connectivity index (χ2n) is 2.93. The quantitative estimate of drug-likeness (QED) is 0.700. The van der Waals surface area contributed by atoms with Gasteiger partial charge in [-0.25, -0.2) is 0 Å². The molecule has 1 aromatic carbocycles. The van der Waals surface area contributed by atoms with Crippen LogP contribution in [0.15, 0.2) is 17.0 Å². The Morgan fingerprint density at radius 3 is 2.79 bits per heavy atom. The van der Waals surface area contributed by atoms with Crippen LogP contribution in [-0.4, -0.2) is 15.0 Å². The fraction of sp³-hybridized carbons (Fsp3) is 0.250. The predicted octanol–water partition coefficient (Wildman–Crippen LogP) is 1.93. The summed E-state index contributed by atoms with van der Waals surface area (Å²) in [4.78, 5) is -0.475. The van der Waals surface area contributed by atoms with Crippen LogP contribution >= 0.6 is 11.6 Å². The highest BCUT2D eigenvalue weighted by Gasteiger charge is 2.25. The van der Waals surface area contributed by atoms with Crippen molar-refractivity contribution in [3.8, 4) is 5.75 Å². The van der Waals surface area contributed by atoms with Gasteiger partial charge in [0.2, 0.25) is 0 Å². The summed E-state index contributed by atoms with van der Waals surface area (Å²) in [5, 5.41) is 0.200. The molecule has 1 aliphatic heterocycles. The van der Waals surface area contributed by atoms with Gasteiger partial charge in [-0.1, -0.05) is 11.6 Å². The highest BCUT2D eigenvalue weighted by molar-refractivity contribution is 7.86. The molecule has 76 valence electrons. The monoisotopic (exact) mass is 236 g/mol. The molecule has 0 unspecified atom stereocenters. The average molecular weight is 237 g/mol. The molecule has 0 fully saturated rings. The van der Waals surface area contributed by atoms with E-state index in [-0.39, 0.29) is 10.8 Å².